The van der Waals surface area contributed by atoms with Crippen molar-refractivity contribution in [2.75, 3.05) is 26.2 Å². The van der Waals surface area contributed by atoms with Gasteiger partial charge in [0.05, 0.1) is 13.1 Å². The SMILES string of the molecule is CCN1CC(=O)N2[C@@H](C(C)C)C(=O)N(CCCc3ccccc3)C[C@@H]2N1C(=O)NCc1ccccc1. The average molecular weight is 492 g/mol. The summed E-state index contributed by atoms with van der Waals surface area (Å²) in [5.74, 6) is -0.203. The Morgan fingerprint density at radius 2 is 1.64 bits per heavy atom. The Bertz CT molecular complexity index is 1050. The summed E-state index contributed by atoms with van der Waals surface area (Å²) in [5, 5.41) is 6.47. The van der Waals surface area contributed by atoms with Crippen LogP contribution in [-0.4, -0.2) is 76.0 Å². The van der Waals surface area contributed by atoms with Gasteiger partial charge in [-0.2, -0.15) is 0 Å². The van der Waals surface area contributed by atoms with E-state index >= 15 is 0 Å². The molecule has 0 spiro atoms. The summed E-state index contributed by atoms with van der Waals surface area (Å²) in [4.78, 5) is 43.8. The smallest absolute Gasteiger partial charge is 0.334 e. The highest BCUT2D eigenvalue weighted by atomic mass is 16.2. The quantitative estimate of drug-likeness (QED) is 0.616. The topological polar surface area (TPSA) is 76.2 Å². The number of hydrogen-bond donors (Lipinski definition) is 1. The Labute approximate surface area is 213 Å². The molecule has 2 saturated heterocycles. The molecule has 2 aromatic rings. The maximum absolute atomic E-state index is 13.5. The van der Waals surface area contributed by atoms with E-state index in [4.69, 9.17) is 0 Å². The lowest BCUT2D eigenvalue weighted by molar-refractivity contribution is -0.192. The first-order chi connectivity index (χ1) is 17.4. The third-order valence-corrected chi connectivity index (χ3v) is 6.99. The summed E-state index contributed by atoms with van der Waals surface area (Å²) in [6.07, 6.45) is 1.15. The Morgan fingerprint density at radius 1 is 1.00 bits per heavy atom. The number of likely N-dealkylation sites (N-methyl/N-ethyl adjacent to an activating group) is 1. The molecule has 0 saturated carbocycles. The predicted octanol–water partition coefficient (Wildman–Crippen LogP) is 3.10. The third-order valence-electron chi connectivity index (χ3n) is 6.99. The van der Waals surface area contributed by atoms with Crippen LogP contribution in [0.1, 0.15) is 38.3 Å². The van der Waals surface area contributed by atoms with Crippen molar-refractivity contribution < 1.29 is 14.4 Å². The molecule has 8 heteroatoms. The van der Waals surface area contributed by atoms with E-state index in [-0.39, 0.29) is 30.3 Å². The third kappa shape index (κ3) is 5.54. The Morgan fingerprint density at radius 3 is 2.25 bits per heavy atom. The van der Waals surface area contributed by atoms with E-state index in [2.05, 4.69) is 17.4 Å². The number of hydrogen-bond acceptors (Lipinski definition) is 4. The standard InChI is InChI=1S/C28H37N5O3/c1-4-31-20-25(34)32-24(33(31)28(36)29-18-23-14-9-6-10-15-23)19-30(27(35)26(32)21(2)3)17-11-16-22-12-7-5-8-13-22/h5-10,12-15,21,24,26H,4,11,16-20H2,1-3H3,(H,29,36)/t24-,26-/m0/s1. The number of hydrazine groups is 1. The van der Waals surface area contributed by atoms with Crippen LogP contribution in [-0.2, 0) is 22.6 Å². The van der Waals surface area contributed by atoms with Gasteiger partial charge in [0.1, 0.15) is 12.2 Å². The van der Waals surface area contributed by atoms with E-state index in [0.717, 1.165) is 18.4 Å². The van der Waals surface area contributed by atoms with Gasteiger partial charge in [-0.25, -0.2) is 14.8 Å². The van der Waals surface area contributed by atoms with E-state index in [9.17, 15) is 14.4 Å². The lowest BCUT2D eigenvalue weighted by Crippen LogP contribution is -2.77. The monoisotopic (exact) mass is 491 g/mol. The number of benzene rings is 2. The van der Waals surface area contributed by atoms with E-state index in [1.165, 1.54) is 5.56 Å². The van der Waals surface area contributed by atoms with Crippen LogP contribution in [0.25, 0.3) is 0 Å². The van der Waals surface area contributed by atoms with Gasteiger partial charge >= 0.3 is 6.03 Å². The lowest BCUT2D eigenvalue weighted by Gasteiger charge is -2.55. The molecule has 36 heavy (non-hydrogen) atoms. The fourth-order valence-electron chi connectivity index (χ4n) is 5.19. The minimum Gasteiger partial charge on any atom is -0.337 e. The molecule has 2 aliphatic heterocycles. The van der Waals surface area contributed by atoms with Gasteiger partial charge in [0.15, 0.2) is 0 Å². The fraction of sp³-hybridized carbons (Fsp3) is 0.464. The molecule has 192 valence electrons. The molecule has 0 aromatic heterocycles. The molecule has 2 aliphatic rings. The van der Waals surface area contributed by atoms with Gasteiger partial charge in [-0.05, 0) is 29.9 Å². The number of nitrogens with zero attached hydrogens (tertiary/aromatic N) is 4. The zero-order chi connectivity index (χ0) is 25.7. The second-order valence-corrected chi connectivity index (χ2v) is 9.81. The number of rotatable bonds is 8. The highest BCUT2D eigenvalue weighted by Crippen LogP contribution is 2.29. The van der Waals surface area contributed by atoms with Crippen LogP contribution < -0.4 is 5.32 Å². The van der Waals surface area contributed by atoms with E-state index in [0.29, 0.717) is 26.2 Å². The highest BCUT2D eigenvalue weighted by molar-refractivity contribution is 5.91. The zero-order valence-electron chi connectivity index (χ0n) is 21.5. The number of piperazine rings is 1. The Balaban J connectivity index is 1.54. The fourth-order valence-corrected chi connectivity index (χ4v) is 5.19. The van der Waals surface area contributed by atoms with Gasteiger partial charge in [-0.3, -0.25) is 9.59 Å². The van der Waals surface area contributed by atoms with Gasteiger partial charge in [0.25, 0.3) is 0 Å². The molecule has 4 rings (SSSR count). The molecule has 8 nitrogen and oxygen atoms in total. The summed E-state index contributed by atoms with van der Waals surface area (Å²) in [5.41, 5.74) is 2.23. The molecule has 0 bridgehead atoms. The number of aryl methyl sites for hydroxylation is 1. The minimum absolute atomic E-state index is 0.0303. The number of amides is 4. The van der Waals surface area contributed by atoms with Crippen molar-refractivity contribution in [2.24, 2.45) is 5.92 Å². The minimum atomic E-state index is -0.587. The van der Waals surface area contributed by atoms with Gasteiger partial charge in [-0.1, -0.05) is 81.4 Å². The Hall–Kier alpha value is -3.39. The normalized spacial score (nSPS) is 20.6. The average Bonchev–Trinajstić information content (AvgIpc) is 2.88. The molecule has 0 unspecified atom stereocenters. The first-order valence-electron chi connectivity index (χ1n) is 12.9. The van der Waals surface area contributed by atoms with Crippen molar-refractivity contribution in [3.8, 4) is 0 Å². The maximum Gasteiger partial charge on any atom is 0.334 e. The van der Waals surface area contributed by atoms with Crippen LogP contribution in [0.2, 0.25) is 0 Å². The van der Waals surface area contributed by atoms with Gasteiger partial charge in [0.2, 0.25) is 11.8 Å². The van der Waals surface area contributed by atoms with Crippen molar-refractivity contribution in [1.82, 2.24) is 25.1 Å². The van der Waals surface area contributed by atoms with Crippen LogP contribution in [0.15, 0.2) is 60.7 Å². The number of carbonyl (C=O) groups excluding carboxylic acids is 3. The second kappa shape index (κ2) is 11.6. The summed E-state index contributed by atoms with van der Waals surface area (Å²) in [6, 6.07) is 19.1. The van der Waals surface area contributed by atoms with Crippen LogP contribution in [0, 0.1) is 5.92 Å². The van der Waals surface area contributed by atoms with E-state index < -0.39 is 12.2 Å². The Kier molecular flexibility index (Phi) is 8.25. The van der Waals surface area contributed by atoms with Crippen LogP contribution >= 0.6 is 0 Å². The molecule has 2 heterocycles. The van der Waals surface area contributed by atoms with Gasteiger partial charge in [0, 0.05) is 19.6 Å². The molecule has 2 aromatic carbocycles. The molecule has 0 aliphatic carbocycles. The second-order valence-electron chi connectivity index (χ2n) is 9.81. The van der Waals surface area contributed by atoms with Crippen molar-refractivity contribution in [3.05, 3.63) is 71.8 Å². The molecule has 2 fully saturated rings. The summed E-state index contributed by atoms with van der Waals surface area (Å²) in [7, 11) is 0. The first kappa shape index (κ1) is 25.7. The number of nitrogens with one attached hydrogen (secondary N) is 1. The van der Waals surface area contributed by atoms with Crippen LogP contribution in [0.5, 0.6) is 0 Å². The molecular formula is C28H37N5O3. The zero-order valence-corrected chi connectivity index (χ0v) is 21.5. The van der Waals surface area contributed by atoms with Crippen molar-refractivity contribution in [1.29, 1.82) is 0 Å². The molecule has 2 atom stereocenters. The highest BCUT2D eigenvalue weighted by Gasteiger charge is 2.51. The maximum atomic E-state index is 13.5. The van der Waals surface area contributed by atoms with Crippen LogP contribution in [0.4, 0.5) is 4.79 Å². The summed E-state index contributed by atoms with van der Waals surface area (Å²) >= 11 is 0. The van der Waals surface area contributed by atoms with Crippen molar-refractivity contribution in [2.45, 2.75) is 52.4 Å². The lowest BCUT2D eigenvalue weighted by atomic mass is 9.96. The van der Waals surface area contributed by atoms with Gasteiger partial charge < -0.3 is 15.1 Å². The van der Waals surface area contributed by atoms with Crippen LogP contribution in [0.3, 0.4) is 0 Å². The molecule has 1 N–H and O–H groups in total. The molecule has 4 amide bonds. The van der Waals surface area contributed by atoms with Crippen molar-refractivity contribution in [3.63, 3.8) is 0 Å². The molecular weight excluding hydrogens is 454 g/mol. The number of urea groups is 1. The largest absolute Gasteiger partial charge is 0.337 e. The first-order valence-corrected chi connectivity index (χ1v) is 12.9. The van der Waals surface area contributed by atoms with Gasteiger partial charge in [-0.15, -0.1) is 0 Å². The van der Waals surface area contributed by atoms with Crippen molar-refractivity contribution >= 4 is 17.8 Å². The number of carbonyl (C=O) groups is 3. The van der Waals surface area contributed by atoms with E-state index in [1.807, 2.05) is 74.2 Å². The molecule has 0 radical (unpaired) electrons. The van der Waals surface area contributed by atoms with E-state index in [1.54, 1.807) is 14.9 Å². The predicted molar refractivity (Wildman–Crippen MR) is 138 cm³/mol. The summed E-state index contributed by atoms with van der Waals surface area (Å²) < 4.78 is 0. The summed E-state index contributed by atoms with van der Waals surface area (Å²) in [6.45, 7) is 7.74. The number of fused-ring (bicyclic) bond motifs is 1.